The number of carbonyl (C=O) groups is 1. The molecule has 1 atom stereocenters. The van der Waals surface area contributed by atoms with Crippen LogP contribution in [0, 0.1) is 0 Å². The molecular weight excluding hydrogens is 495 g/mol. The lowest BCUT2D eigenvalue weighted by Gasteiger charge is -2.08. The van der Waals surface area contributed by atoms with Crippen LogP contribution in [0.2, 0.25) is 0 Å². The zero-order valence-corrected chi connectivity index (χ0v) is 19.0. The summed E-state index contributed by atoms with van der Waals surface area (Å²) in [5.74, 6) is -0.615. The topological polar surface area (TPSA) is 149 Å². The summed E-state index contributed by atoms with van der Waals surface area (Å²) in [6.07, 6.45) is -5.81. The summed E-state index contributed by atoms with van der Waals surface area (Å²) in [7, 11) is -3.99. The maximum absolute atomic E-state index is 13.4. The number of hydrogen-bond acceptors (Lipinski definition) is 7. The van der Waals surface area contributed by atoms with E-state index in [0.717, 1.165) is 22.9 Å². The second-order valence-electron chi connectivity index (χ2n) is 7.06. The molecule has 0 saturated heterocycles. The Hall–Kier alpha value is -3.98. The van der Waals surface area contributed by atoms with Gasteiger partial charge in [0, 0.05) is 31.5 Å². The maximum Gasteiger partial charge on any atom is 0.435 e. The number of nitrogens with zero attached hydrogens (tertiary/aromatic N) is 4. The van der Waals surface area contributed by atoms with Gasteiger partial charge in [-0.25, -0.2) is 18.2 Å². The highest BCUT2D eigenvalue weighted by molar-refractivity contribution is 7.89. The number of aromatic nitrogens is 2. The van der Waals surface area contributed by atoms with Gasteiger partial charge >= 0.3 is 12.1 Å². The van der Waals surface area contributed by atoms with Crippen molar-refractivity contribution in [1.82, 2.24) is 9.78 Å². The Kier molecular flexibility index (Phi) is 7.11. The minimum Gasteiger partial charge on any atom is -0.423 e. The molecule has 0 fully saturated rings. The molecule has 2 aromatic carbocycles. The Balaban J connectivity index is 1.95. The van der Waals surface area contributed by atoms with Crippen LogP contribution in [0.3, 0.4) is 0 Å². The summed E-state index contributed by atoms with van der Waals surface area (Å²) in [6.45, 7) is 2.54. The molecule has 1 heterocycles. The van der Waals surface area contributed by atoms with E-state index in [4.69, 9.17) is 9.98 Å². The largest absolute Gasteiger partial charge is 0.435 e. The van der Waals surface area contributed by atoms with Gasteiger partial charge in [0.25, 0.3) is 12.0 Å². The molecular formula is C20H19F3N5O6S+. The van der Waals surface area contributed by atoms with Gasteiger partial charge in [-0.1, -0.05) is 0 Å². The lowest BCUT2D eigenvalue weighted by atomic mass is 10.1. The average Bonchev–Trinajstić information content (AvgIpc) is 3.23. The Morgan fingerprint density at radius 2 is 1.77 bits per heavy atom. The van der Waals surface area contributed by atoms with E-state index in [0.29, 0.717) is 4.86 Å². The Labute approximate surface area is 196 Å². The van der Waals surface area contributed by atoms with Crippen LogP contribution in [0.15, 0.2) is 64.8 Å². The van der Waals surface area contributed by atoms with Gasteiger partial charge in [0.2, 0.25) is 15.3 Å². The standard InChI is InChI=1S/C20H19F3N5O6S/c1-12(29)33-13(2)34-26-28(30)16-5-3-14(4-6-16)18-11-19(20(21,22)23)25-27(18)15-7-9-17(10-8-15)35(24,31)32/h3-11,13H,1-2H3,(H,26,30)(H2,24,31,32)/q+1. The number of ether oxygens (including phenoxy) is 1. The molecule has 3 rings (SSSR count). The summed E-state index contributed by atoms with van der Waals surface area (Å²) in [6, 6.07) is 11.1. The van der Waals surface area contributed by atoms with Crippen molar-refractivity contribution < 1.29 is 46.0 Å². The lowest BCUT2D eigenvalue weighted by molar-refractivity contribution is -0.781. The van der Waals surface area contributed by atoms with E-state index in [9.17, 15) is 31.6 Å². The van der Waals surface area contributed by atoms with Gasteiger partial charge in [0.1, 0.15) is 0 Å². The first-order valence-corrected chi connectivity index (χ1v) is 11.2. The van der Waals surface area contributed by atoms with Crippen LogP contribution in [0.5, 0.6) is 0 Å². The predicted molar refractivity (Wildman–Crippen MR) is 112 cm³/mol. The molecule has 15 heteroatoms. The fourth-order valence-electron chi connectivity index (χ4n) is 2.88. The number of primary sulfonamides is 1. The third-order valence-corrected chi connectivity index (χ3v) is 5.34. The predicted octanol–water partition coefficient (Wildman–Crippen LogP) is 3.53. The van der Waals surface area contributed by atoms with Gasteiger partial charge in [-0.3, -0.25) is 14.8 Å². The Morgan fingerprint density at radius 3 is 2.29 bits per heavy atom. The van der Waals surface area contributed by atoms with Gasteiger partial charge in [-0.2, -0.15) is 18.3 Å². The summed E-state index contributed by atoms with van der Waals surface area (Å²) in [5, 5.41) is 22.0. The first-order chi connectivity index (χ1) is 16.3. The second kappa shape index (κ2) is 9.71. The zero-order valence-electron chi connectivity index (χ0n) is 18.2. The Bertz CT molecular complexity index is 1350. The van der Waals surface area contributed by atoms with E-state index in [1.165, 1.54) is 50.2 Å². The third-order valence-electron chi connectivity index (χ3n) is 4.41. The fourth-order valence-corrected chi connectivity index (χ4v) is 3.39. The van der Waals surface area contributed by atoms with Gasteiger partial charge < -0.3 is 4.74 Å². The van der Waals surface area contributed by atoms with Crippen LogP contribution in [0.4, 0.5) is 18.9 Å². The second-order valence-corrected chi connectivity index (χ2v) is 8.63. The van der Waals surface area contributed by atoms with Gasteiger partial charge in [-0.15, -0.1) is 0 Å². The first kappa shape index (κ1) is 25.6. The highest BCUT2D eigenvalue weighted by Gasteiger charge is 2.35. The van der Waals surface area contributed by atoms with Gasteiger partial charge in [0.15, 0.2) is 10.6 Å². The van der Waals surface area contributed by atoms with Crippen LogP contribution in [0.1, 0.15) is 19.5 Å². The van der Waals surface area contributed by atoms with Crippen molar-refractivity contribution in [2.45, 2.75) is 31.2 Å². The van der Waals surface area contributed by atoms with Crippen molar-refractivity contribution in [3.05, 3.63) is 60.3 Å². The Morgan fingerprint density at radius 1 is 1.17 bits per heavy atom. The van der Waals surface area contributed by atoms with Crippen molar-refractivity contribution in [3.63, 3.8) is 0 Å². The lowest BCUT2D eigenvalue weighted by Crippen LogP contribution is -2.14. The molecule has 1 unspecified atom stereocenters. The highest BCUT2D eigenvalue weighted by Crippen LogP contribution is 2.34. The smallest absolute Gasteiger partial charge is 0.423 e. The van der Waals surface area contributed by atoms with Crippen molar-refractivity contribution in [2.75, 3.05) is 0 Å². The molecule has 35 heavy (non-hydrogen) atoms. The number of esters is 1. The monoisotopic (exact) mass is 514 g/mol. The molecule has 1 aromatic heterocycles. The molecule has 0 amide bonds. The highest BCUT2D eigenvalue weighted by atomic mass is 32.2. The minimum absolute atomic E-state index is 0.0355. The van der Waals surface area contributed by atoms with Crippen molar-refractivity contribution >= 4 is 21.7 Å². The van der Waals surface area contributed by atoms with Crippen LogP contribution in [-0.4, -0.2) is 40.5 Å². The average molecular weight is 514 g/mol. The van der Waals surface area contributed by atoms with Crippen molar-refractivity contribution in [1.29, 1.82) is 0 Å². The molecule has 0 spiro atoms. The number of halogens is 3. The van der Waals surface area contributed by atoms with E-state index in [1.807, 2.05) is 0 Å². The number of carbonyl (C=O) groups excluding carboxylic acids is 1. The molecule has 186 valence electrons. The van der Waals surface area contributed by atoms with E-state index < -0.39 is 34.2 Å². The van der Waals surface area contributed by atoms with E-state index in [-0.39, 0.29) is 27.5 Å². The number of alkyl halides is 3. The molecule has 0 radical (unpaired) electrons. The fraction of sp³-hybridized carbons (Fsp3) is 0.200. The van der Waals surface area contributed by atoms with E-state index >= 15 is 0 Å². The molecule has 0 aliphatic heterocycles. The summed E-state index contributed by atoms with van der Waals surface area (Å²) >= 11 is 0. The summed E-state index contributed by atoms with van der Waals surface area (Å²) < 4.78 is 68.7. The van der Waals surface area contributed by atoms with Crippen molar-refractivity contribution in [3.8, 4) is 16.9 Å². The van der Waals surface area contributed by atoms with Gasteiger partial charge in [0.05, 0.1) is 16.3 Å². The molecule has 0 aliphatic carbocycles. The summed E-state index contributed by atoms with van der Waals surface area (Å²) in [4.78, 5) is 15.8. The number of benzene rings is 2. The third kappa shape index (κ3) is 6.33. The SMILES string of the molecule is CC(=O)OC(C)O/N=[N+](\O)c1ccc(-c2cc(C(F)(F)F)nn2-c2ccc(S(N)(=O)=O)cc2)cc1. The zero-order chi connectivity index (χ0) is 26.0. The minimum atomic E-state index is -4.74. The van der Waals surface area contributed by atoms with Crippen LogP contribution >= 0.6 is 0 Å². The van der Waals surface area contributed by atoms with Crippen LogP contribution < -0.4 is 5.14 Å². The molecule has 0 saturated carbocycles. The normalized spacial score (nSPS) is 13.4. The van der Waals surface area contributed by atoms with Gasteiger partial charge in [-0.05, 0) is 42.5 Å². The number of hydrogen-bond donors (Lipinski definition) is 2. The number of rotatable bonds is 7. The molecule has 11 nitrogen and oxygen atoms in total. The van der Waals surface area contributed by atoms with E-state index in [2.05, 4.69) is 15.1 Å². The molecule has 0 aliphatic rings. The number of nitrogens with two attached hydrogens (primary N) is 1. The van der Waals surface area contributed by atoms with Crippen molar-refractivity contribution in [2.24, 2.45) is 10.4 Å². The van der Waals surface area contributed by atoms with Crippen LogP contribution in [0.25, 0.3) is 16.9 Å². The maximum atomic E-state index is 13.4. The molecule has 0 bridgehead atoms. The molecule has 3 N–H and O–H groups in total. The quantitative estimate of drug-likeness (QED) is 0.161. The van der Waals surface area contributed by atoms with Crippen LogP contribution in [-0.2, 0) is 30.6 Å². The first-order valence-electron chi connectivity index (χ1n) is 9.69. The molecule has 3 aromatic rings. The summed E-state index contributed by atoms with van der Waals surface area (Å²) in [5.41, 5.74) is -0.607. The van der Waals surface area contributed by atoms with E-state index in [1.54, 1.807) is 0 Å². The number of sulfonamides is 1.